The topological polar surface area (TPSA) is 174 Å². The number of carbonyl (C=O) groups excluding carboxylic acids is 5. The molecule has 0 unspecified atom stereocenters. The number of nitrogens with one attached hydrogen (secondary N) is 3. The van der Waals surface area contributed by atoms with Crippen molar-refractivity contribution in [3.05, 3.63) is 58.9 Å². The van der Waals surface area contributed by atoms with E-state index < -0.39 is 53.0 Å². The highest BCUT2D eigenvalue weighted by Crippen LogP contribution is 2.26. The SMILES string of the molecule is COC(=O)c1cc(F)c(NCCCN(CCCCN(CCCNC(=O)OC(C)(C)C)C(=O)OC(C)(C)C)C(=O)OC(C)(C)C)cc1NC(=O)OCc1ccc(C)cc1. The predicted octanol–water partition coefficient (Wildman–Crippen LogP) is 8.64. The van der Waals surface area contributed by atoms with Gasteiger partial charge in [0.1, 0.15) is 29.2 Å². The van der Waals surface area contributed by atoms with E-state index in [9.17, 15) is 24.0 Å². The third-order valence-corrected chi connectivity index (χ3v) is 7.84. The van der Waals surface area contributed by atoms with Crippen LogP contribution in [0, 0.1) is 12.7 Å². The van der Waals surface area contributed by atoms with Crippen LogP contribution in [0.15, 0.2) is 36.4 Å². The van der Waals surface area contributed by atoms with Crippen LogP contribution in [-0.2, 0) is 30.3 Å². The smallest absolute Gasteiger partial charge is 0.411 e. The number of hydrogen-bond donors (Lipinski definition) is 3. The van der Waals surface area contributed by atoms with Gasteiger partial charge in [-0.3, -0.25) is 5.32 Å². The van der Waals surface area contributed by atoms with Gasteiger partial charge in [0, 0.05) is 39.3 Å². The standard InChI is InChI=1S/C42H64FN5O10/c1-29-16-18-30(19-17-29)28-55-37(51)46-33-27-34(32(43)26-31(33)35(49)54-11)44-20-14-24-47(38(52)57-41(5,6)7)22-12-13-23-48(39(53)58-42(8,9)10)25-15-21-45-36(50)56-40(2,3)4/h16-19,26-27,44H,12-15,20-25,28H2,1-11H3,(H,45,50)(H,46,51). The van der Waals surface area contributed by atoms with E-state index >= 15 is 4.39 Å². The number of alkyl carbamates (subject to hydrolysis) is 1. The minimum absolute atomic E-state index is 0.00818. The van der Waals surface area contributed by atoms with Crippen molar-refractivity contribution >= 4 is 41.7 Å². The molecular formula is C42H64FN5O10. The number of halogens is 1. The maximum Gasteiger partial charge on any atom is 0.411 e. The van der Waals surface area contributed by atoms with E-state index in [0.717, 1.165) is 24.3 Å². The Balaban J connectivity index is 2.05. The van der Waals surface area contributed by atoms with Gasteiger partial charge < -0.3 is 44.1 Å². The molecule has 0 atom stereocenters. The van der Waals surface area contributed by atoms with E-state index in [1.54, 1.807) is 72.1 Å². The summed E-state index contributed by atoms with van der Waals surface area (Å²) in [7, 11) is 1.15. The number of hydrogen-bond acceptors (Lipinski definition) is 11. The quantitative estimate of drug-likeness (QED) is 0.0746. The van der Waals surface area contributed by atoms with Crippen LogP contribution in [0.25, 0.3) is 0 Å². The van der Waals surface area contributed by atoms with Gasteiger partial charge >= 0.3 is 30.3 Å². The lowest BCUT2D eigenvalue weighted by molar-refractivity contribution is 0.0208. The Hall–Kier alpha value is -5.28. The highest BCUT2D eigenvalue weighted by atomic mass is 19.1. The third-order valence-electron chi connectivity index (χ3n) is 7.84. The first-order valence-corrected chi connectivity index (χ1v) is 19.5. The first kappa shape index (κ1) is 48.9. The van der Waals surface area contributed by atoms with Crippen molar-refractivity contribution in [1.82, 2.24) is 15.1 Å². The van der Waals surface area contributed by atoms with Gasteiger partial charge in [0.2, 0.25) is 0 Å². The maximum atomic E-state index is 15.2. The van der Waals surface area contributed by atoms with Gasteiger partial charge in [-0.15, -0.1) is 0 Å². The van der Waals surface area contributed by atoms with E-state index in [1.165, 1.54) is 6.07 Å². The van der Waals surface area contributed by atoms with Gasteiger partial charge in [0.25, 0.3) is 0 Å². The van der Waals surface area contributed by atoms with Crippen LogP contribution in [0.4, 0.5) is 34.9 Å². The van der Waals surface area contributed by atoms with Gasteiger partial charge in [-0.2, -0.15) is 0 Å². The Labute approximate surface area is 342 Å². The molecule has 2 rings (SSSR count). The first-order valence-electron chi connectivity index (χ1n) is 19.5. The second kappa shape index (κ2) is 22.6. The summed E-state index contributed by atoms with van der Waals surface area (Å²) in [4.78, 5) is 66.6. The van der Waals surface area contributed by atoms with Crippen molar-refractivity contribution in [2.24, 2.45) is 0 Å². The van der Waals surface area contributed by atoms with Crippen molar-refractivity contribution in [1.29, 1.82) is 0 Å². The molecule has 2 aromatic carbocycles. The maximum absolute atomic E-state index is 15.2. The monoisotopic (exact) mass is 817 g/mol. The Bertz CT molecular complexity index is 1670. The lowest BCUT2D eigenvalue weighted by Crippen LogP contribution is -2.40. The molecule has 0 saturated heterocycles. The summed E-state index contributed by atoms with van der Waals surface area (Å²) >= 11 is 0. The molecule has 0 aromatic heterocycles. The summed E-state index contributed by atoms with van der Waals surface area (Å²) in [5, 5.41) is 8.19. The number of anilines is 2. The average molecular weight is 818 g/mol. The van der Waals surface area contributed by atoms with Crippen LogP contribution in [0.2, 0.25) is 0 Å². The van der Waals surface area contributed by atoms with Gasteiger partial charge in [0.15, 0.2) is 0 Å². The second-order valence-electron chi connectivity index (χ2n) is 16.8. The van der Waals surface area contributed by atoms with Crippen molar-refractivity contribution in [3.8, 4) is 0 Å². The molecule has 0 radical (unpaired) electrons. The molecule has 0 aliphatic rings. The largest absolute Gasteiger partial charge is 0.465 e. The summed E-state index contributed by atoms with van der Waals surface area (Å²) in [5.41, 5.74) is -0.464. The minimum atomic E-state index is -0.850. The van der Waals surface area contributed by atoms with E-state index in [0.29, 0.717) is 51.9 Å². The summed E-state index contributed by atoms with van der Waals surface area (Å²) in [6, 6.07) is 9.67. The molecule has 3 N–H and O–H groups in total. The number of carbonyl (C=O) groups is 5. The summed E-state index contributed by atoms with van der Waals surface area (Å²) in [6.07, 6.45) is -0.467. The molecule has 2 aromatic rings. The lowest BCUT2D eigenvalue weighted by Gasteiger charge is -2.29. The molecule has 0 spiro atoms. The fraction of sp³-hybridized carbons (Fsp3) is 0.595. The Kier molecular flexibility index (Phi) is 19.0. The molecule has 324 valence electrons. The zero-order valence-electron chi connectivity index (χ0n) is 36.1. The molecule has 0 aliphatic heterocycles. The van der Waals surface area contributed by atoms with E-state index in [1.807, 2.05) is 31.2 Å². The highest BCUT2D eigenvalue weighted by molar-refractivity contribution is 6.00. The number of rotatable bonds is 18. The predicted molar refractivity (Wildman–Crippen MR) is 220 cm³/mol. The van der Waals surface area contributed by atoms with Crippen LogP contribution in [0.5, 0.6) is 0 Å². The van der Waals surface area contributed by atoms with E-state index in [-0.39, 0.29) is 36.6 Å². The second-order valence-corrected chi connectivity index (χ2v) is 16.8. The summed E-state index contributed by atoms with van der Waals surface area (Å²) in [6.45, 7) is 19.7. The zero-order chi connectivity index (χ0) is 43.7. The lowest BCUT2D eigenvalue weighted by atomic mass is 10.1. The third kappa shape index (κ3) is 19.7. The van der Waals surface area contributed by atoms with Crippen molar-refractivity contribution in [3.63, 3.8) is 0 Å². The minimum Gasteiger partial charge on any atom is -0.465 e. The number of ether oxygens (including phenoxy) is 5. The molecule has 15 nitrogen and oxygen atoms in total. The summed E-state index contributed by atoms with van der Waals surface area (Å²) < 4.78 is 41.9. The number of benzene rings is 2. The van der Waals surface area contributed by atoms with Crippen LogP contribution >= 0.6 is 0 Å². The molecule has 0 fully saturated rings. The Morgan fingerprint density at radius 3 is 1.66 bits per heavy atom. The Morgan fingerprint density at radius 2 is 1.16 bits per heavy atom. The number of aryl methyl sites for hydroxylation is 1. The van der Waals surface area contributed by atoms with Gasteiger partial charge in [-0.05, 0) is 113 Å². The number of unbranched alkanes of at least 4 members (excludes halogenated alkanes) is 1. The molecule has 0 bridgehead atoms. The molecule has 4 amide bonds. The zero-order valence-corrected chi connectivity index (χ0v) is 36.1. The number of esters is 1. The van der Waals surface area contributed by atoms with Gasteiger partial charge in [-0.1, -0.05) is 29.8 Å². The van der Waals surface area contributed by atoms with Crippen molar-refractivity contribution in [2.45, 2.75) is 118 Å². The normalized spacial score (nSPS) is 11.5. The number of methoxy groups -OCH3 is 1. The first-order chi connectivity index (χ1) is 27.0. The number of amides is 4. The van der Waals surface area contributed by atoms with Crippen LogP contribution in [-0.4, -0.2) is 103 Å². The Morgan fingerprint density at radius 1 is 0.655 bits per heavy atom. The van der Waals surface area contributed by atoms with Crippen molar-refractivity contribution in [2.75, 3.05) is 57.0 Å². The fourth-order valence-corrected chi connectivity index (χ4v) is 5.18. The summed E-state index contributed by atoms with van der Waals surface area (Å²) in [5.74, 6) is -1.60. The van der Waals surface area contributed by atoms with Crippen LogP contribution < -0.4 is 16.0 Å². The van der Waals surface area contributed by atoms with Crippen molar-refractivity contribution < 1.29 is 52.0 Å². The molecule has 0 saturated carbocycles. The molecule has 0 heterocycles. The molecule has 58 heavy (non-hydrogen) atoms. The van der Waals surface area contributed by atoms with Crippen LogP contribution in [0.3, 0.4) is 0 Å². The molecule has 0 aliphatic carbocycles. The van der Waals surface area contributed by atoms with E-state index in [4.69, 9.17) is 23.7 Å². The molecule has 16 heteroatoms. The highest BCUT2D eigenvalue weighted by Gasteiger charge is 2.25. The van der Waals surface area contributed by atoms with Crippen LogP contribution in [0.1, 0.15) is 109 Å². The number of nitrogens with zero attached hydrogens (tertiary/aromatic N) is 2. The fourth-order valence-electron chi connectivity index (χ4n) is 5.18. The average Bonchev–Trinajstić information content (AvgIpc) is 3.09. The van der Waals surface area contributed by atoms with E-state index in [2.05, 4.69) is 16.0 Å². The van der Waals surface area contributed by atoms with Gasteiger partial charge in [0.05, 0.1) is 24.0 Å². The molecular weight excluding hydrogens is 753 g/mol. The van der Waals surface area contributed by atoms with Gasteiger partial charge in [-0.25, -0.2) is 28.4 Å².